The first-order valence-corrected chi connectivity index (χ1v) is 8.58. The van der Waals surface area contributed by atoms with Crippen LogP contribution in [0.5, 0.6) is 0 Å². The van der Waals surface area contributed by atoms with E-state index in [1.807, 2.05) is 0 Å². The van der Waals surface area contributed by atoms with Crippen LogP contribution in [0, 0.1) is 0 Å². The fourth-order valence-corrected chi connectivity index (χ4v) is 5.53. The van der Waals surface area contributed by atoms with Crippen LogP contribution in [-0.2, 0) is 0 Å². The van der Waals surface area contributed by atoms with Gasteiger partial charge in [0.05, 0.1) is 0 Å². The van der Waals surface area contributed by atoms with Gasteiger partial charge in [0.15, 0.2) is 0 Å². The lowest BCUT2D eigenvalue weighted by atomic mass is 9.79. The van der Waals surface area contributed by atoms with Gasteiger partial charge in [-0.2, -0.15) is 0 Å². The van der Waals surface area contributed by atoms with Gasteiger partial charge in [-0.05, 0) is 64.5 Å². The van der Waals surface area contributed by atoms with E-state index in [-0.39, 0.29) is 0 Å². The summed E-state index contributed by atoms with van der Waals surface area (Å²) in [5.74, 6) is 0. The average Bonchev–Trinajstić information content (AvgIpc) is 2.84. The Kier molecular flexibility index (Phi) is 3.33. The quantitative estimate of drug-likeness (QED) is 0.785. The molecule has 0 saturated carbocycles. The van der Waals surface area contributed by atoms with E-state index in [2.05, 4.69) is 9.80 Å². The van der Waals surface area contributed by atoms with Crippen molar-refractivity contribution >= 4 is 0 Å². The van der Waals surface area contributed by atoms with Crippen molar-refractivity contribution in [2.45, 2.75) is 88.0 Å². The third-order valence-corrected chi connectivity index (χ3v) is 6.28. The predicted octanol–water partition coefficient (Wildman–Crippen LogP) is 1.96. The maximum atomic E-state index is 6.27. The predicted molar refractivity (Wildman–Crippen MR) is 78.1 cm³/mol. The lowest BCUT2D eigenvalue weighted by molar-refractivity contribution is -0.0327. The van der Waals surface area contributed by atoms with Crippen LogP contribution in [0.1, 0.15) is 57.8 Å². The smallest absolute Gasteiger partial charge is 0.0128 e. The van der Waals surface area contributed by atoms with Gasteiger partial charge in [0.1, 0.15) is 0 Å². The first-order chi connectivity index (χ1) is 9.31. The number of rotatable bonds is 1. The monoisotopic (exact) mass is 263 g/mol. The molecule has 4 saturated heterocycles. The summed E-state index contributed by atoms with van der Waals surface area (Å²) in [4.78, 5) is 5.70. The van der Waals surface area contributed by atoms with Crippen molar-refractivity contribution in [3.8, 4) is 0 Å². The Morgan fingerprint density at radius 3 is 2.16 bits per heavy atom. The van der Waals surface area contributed by atoms with Gasteiger partial charge in [0, 0.05) is 30.2 Å². The molecule has 4 aliphatic heterocycles. The highest BCUT2D eigenvalue weighted by molar-refractivity contribution is 5.00. The molecular weight excluding hydrogens is 234 g/mol. The van der Waals surface area contributed by atoms with E-state index in [4.69, 9.17) is 5.73 Å². The molecule has 2 N–H and O–H groups in total. The van der Waals surface area contributed by atoms with E-state index in [0.29, 0.717) is 6.04 Å². The molecule has 4 aliphatic rings. The molecule has 19 heavy (non-hydrogen) atoms. The largest absolute Gasteiger partial charge is 0.328 e. The molecule has 0 aromatic rings. The number of hydrogen-bond acceptors (Lipinski definition) is 3. The molecule has 3 nitrogen and oxygen atoms in total. The molecule has 0 spiro atoms. The van der Waals surface area contributed by atoms with Gasteiger partial charge >= 0.3 is 0 Å². The number of nitrogens with two attached hydrogens (primary N) is 1. The summed E-state index contributed by atoms with van der Waals surface area (Å²) in [6, 6.07) is 3.91. The van der Waals surface area contributed by atoms with Crippen molar-refractivity contribution in [3.05, 3.63) is 0 Å². The van der Waals surface area contributed by atoms with E-state index in [1.165, 1.54) is 70.9 Å². The lowest BCUT2D eigenvalue weighted by Gasteiger charge is -2.54. The van der Waals surface area contributed by atoms with Gasteiger partial charge in [-0.25, -0.2) is 0 Å². The first kappa shape index (κ1) is 12.6. The zero-order valence-electron chi connectivity index (χ0n) is 12.1. The zero-order chi connectivity index (χ0) is 12.8. The topological polar surface area (TPSA) is 32.5 Å². The van der Waals surface area contributed by atoms with E-state index >= 15 is 0 Å². The molecule has 4 heterocycles. The van der Waals surface area contributed by atoms with Crippen LogP contribution in [0.2, 0.25) is 0 Å². The van der Waals surface area contributed by atoms with Crippen LogP contribution in [0.25, 0.3) is 0 Å². The molecular formula is C16H29N3. The van der Waals surface area contributed by atoms with Crippen LogP contribution in [0.4, 0.5) is 0 Å². The second kappa shape index (κ2) is 5.01. The van der Waals surface area contributed by atoms with E-state index < -0.39 is 0 Å². The minimum absolute atomic E-state index is 0.484. The minimum Gasteiger partial charge on any atom is -0.328 e. The van der Waals surface area contributed by atoms with Crippen molar-refractivity contribution in [1.29, 1.82) is 0 Å². The number of piperidine rings is 3. The molecule has 0 amide bonds. The summed E-state index contributed by atoms with van der Waals surface area (Å²) in [7, 11) is 0. The highest BCUT2D eigenvalue weighted by Crippen LogP contribution is 2.39. The van der Waals surface area contributed by atoms with E-state index in [9.17, 15) is 0 Å². The molecule has 4 fully saturated rings. The summed E-state index contributed by atoms with van der Waals surface area (Å²) in [5.41, 5.74) is 6.27. The van der Waals surface area contributed by atoms with Crippen LogP contribution in [-0.4, -0.2) is 53.1 Å². The second-order valence-corrected chi connectivity index (χ2v) is 7.43. The van der Waals surface area contributed by atoms with Gasteiger partial charge in [-0.1, -0.05) is 6.42 Å². The Hall–Kier alpha value is -0.120. The number of fused-ring (bicyclic) bond motifs is 3. The molecule has 0 aromatic carbocycles. The summed E-state index contributed by atoms with van der Waals surface area (Å²) >= 11 is 0. The van der Waals surface area contributed by atoms with Gasteiger partial charge in [-0.15, -0.1) is 0 Å². The highest BCUT2D eigenvalue weighted by atomic mass is 15.3. The lowest BCUT2D eigenvalue weighted by Crippen LogP contribution is -2.61. The molecule has 4 rings (SSSR count). The molecule has 4 atom stereocenters. The average molecular weight is 263 g/mol. The molecule has 4 unspecified atom stereocenters. The fraction of sp³-hybridized carbons (Fsp3) is 1.00. The van der Waals surface area contributed by atoms with Crippen LogP contribution >= 0.6 is 0 Å². The number of nitrogens with zero attached hydrogens (tertiary/aromatic N) is 2. The summed E-state index contributed by atoms with van der Waals surface area (Å²) in [5, 5.41) is 0. The Balaban J connectivity index is 1.49. The highest BCUT2D eigenvalue weighted by Gasteiger charge is 2.43. The molecule has 108 valence electrons. The maximum absolute atomic E-state index is 6.27. The molecule has 3 heteroatoms. The minimum atomic E-state index is 0.484. The van der Waals surface area contributed by atoms with Crippen LogP contribution < -0.4 is 5.73 Å². The Labute approximate surface area is 117 Å². The fourth-order valence-electron chi connectivity index (χ4n) is 5.53. The normalized spacial score (nSPS) is 48.2. The Morgan fingerprint density at radius 2 is 1.37 bits per heavy atom. The second-order valence-electron chi connectivity index (χ2n) is 7.43. The van der Waals surface area contributed by atoms with Crippen molar-refractivity contribution in [2.24, 2.45) is 5.73 Å². The van der Waals surface area contributed by atoms with E-state index in [0.717, 1.165) is 24.2 Å². The Morgan fingerprint density at radius 1 is 0.684 bits per heavy atom. The first-order valence-electron chi connectivity index (χ1n) is 8.58. The summed E-state index contributed by atoms with van der Waals surface area (Å²) in [6.45, 7) is 2.73. The van der Waals surface area contributed by atoms with Crippen LogP contribution in [0.3, 0.4) is 0 Å². The Bertz CT molecular complexity index is 318. The SMILES string of the molecule is NC1CC2CCCC(C1)N2C1CCN2CCCC2C1. The number of hydrogen-bond donors (Lipinski definition) is 1. The zero-order valence-corrected chi connectivity index (χ0v) is 12.1. The summed E-state index contributed by atoms with van der Waals surface area (Å²) in [6.07, 6.45) is 12.6. The van der Waals surface area contributed by atoms with Gasteiger partial charge < -0.3 is 10.6 Å². The maximum Gasteiger partial charge on any atom is 0.0128 e. The molecule has 2 bridgehead atoms. The standard InChI is InChI=1S/C16H29N3/c17-12-9-14-3-1-4-15(10-12)19(14)16-6-8-18-7-2-5-13(18)11-16/h12-16H,1-11,17H2. The van der Waals surface area contributed by atoms with Crippen molar-refractivity contribution in [2.75, 3.05) is 13.1 Å². The van der Waals surface area contributed by atoms with Gasteiger partial charge in [0.25, 0.3) is 0 Å². The van der Waals surface area contributed by atoms with Crippen molar-refractivity contribution < 1.29 is 0 Å². The van der Waals surface area contributed by atoms with Gasteiger partial charge in [-0.3, -0.25) is 4.90 Å². The third kappa shape index (κ3) is 2.24. The van der Waals surface area contributed by atoms with Gasteiger partial charge in [0.2, 0.25) is 0 Å². The van der Waals surface area contributed by atoms with E-state index in [1.54, 1.807) is 0 Å². The summed E-state index contributed by atoms with van der Waals surface area (Å²) < 4.78 is 0. The molecule has 0 aliphatic carbocycles. The third-order valence-electron chi connectivity index (χ3n) is 6.28. The van der Waals surface area contributed by atoms with Crippen LogP contribution in [0.15, 0.2) is 0 Å². The molecule has 0 aromatic heterocycles. The van der Waals surface area contributed by atoms with Crippen molar-refractivity contribution in [3.63, 3.8) is 0 Å². The molecule has 0 radical (unpaired) electrons. The van der Waals surface area contributed by atoms with Crippen molar-refractivity contribution in [1.82, 2.24) is 9.80 Å².